The molecule has 0 aliphatic carbocycles. The first kappa shape index (κ1) is 18.8. The van der Waals surface area contributed by atoms with Crippen LogP contribution in [0.5, 0.6) is 0 Å². The zero-order chi connectivity index (χ0) is 19.7. The van der Waals surface area contributed by atoms with E-state index in [1.165, 1.54) is 18.0 Å². The minimum Gasteiger partial charge on any atom is -0.465 e. The fourth-order valence-corrected chi connectivity index (χ4v) is 3.89. The molecule has 1 N–H and O–H groups in total. The Balaban J connectivity index is 1.93. The Kier molecular flexibility index (Phi) is 5.10. The van der Waals surface area contributed by atoms with Crippen LogP contribution in [0.25, 0.3) is 10.1 Å². The highest BCUT2D eigenvalue weighted by Gasteiger charge is 2.26. The van der Waals surface area contributed by atoms with Crippen molar-refractivity contribution in [1.29, 1.82) is 0 Å². The van der Waals surface area contributed by atoms with Crippen LogP contribution in [0.3, 0.4) is 0 Å². The number of nitrogens with one attached hydrogen (secondary N) is 1. The third-order valence-corrected chi connectivity index (χ3v) is 5.37. The van der Waals surface area contributed by atoms with E-state index in [2.05, 4.69) is 10.4 Å². The number of rotatable bonds is 5. The molecule has 1 amide bonds. The summed E-state index contributed by atoms with van der Waals surface area (Å²) in [5, 5.41) is 18.6. The number of benzene rings is 1. The second kappa shape index (κ2) is 7.33. The molecule has 140 valence electrons. The van der Waals surface area contributed by atoms with Crippen molar-refractivity contribution < 1.29 is 19.2 Å². The molecule has 0 fully saturated rings. The van der Waals surface area contributed by atoms with E-state index in [1.54, 1.807) is 25.1 Å². The van der Waals surface area contributed by atoms with Gasteiger partial charge in [0.15, 0.2) is 0 Å². The predicted octanol–water partition coefficient (Wildman–Crippen LogP) is 3.72. The van der Waals surface area contributed by atoms with Gasteiger partial charge in [-0.05, 0) is 25.1 Å². The monoisotopic (exact) mass is 408 g/mol. The zero-order valence-corrected chi connectivity index (χ0v) is 15.8. The Morgan fingerprint density at radius 3 is 2.81 bits per heavy atom. The lowest BCUT2D eigenvalue weighted by Crippen LogP contribution is -2.14. The van der Waals surface area contributed by atoms with Gasteiger partial charge in [-0.3, -0.25) is 19.6 Å². The summed E-state index contributed by atoms with van der Waals surface area (Å²) in [6.45, 7) is 2.15. The molecular weight excluding hydrogens is 396 g/mol. The molecule has 0 radical (unpaired) electrons. The molecule has 1 aromatic carbocycles. The number of thiophene rings is 1. The lowest BCUT2D eigenvalue weighted by molar-refractivity contribution is -0.385. The minimum absolute atomic E-state index is 0.259. The number of anilines is 1. The van der Waals surface area contributed by atoms with Crippen molar-refractivity contribution in [2.45, 2.75) is 13.5 Å². The predicted molar refractivity (Wildman–Crippen MR) is 101 cm³/mol. The highest BCUT2D eigenvalue weighted by molar-refractivity contribution is 7.21. The third-order valence-electron chi connectivity index (χ3n) is 3.74. The van der Waals surface area contributed by atoms with Crippen molar-refractivity contribution in [2.75, 3.05) is 12.4 Å². The first-order chi connectivity index (χ1) is 12.8. The Morgan fingerprint density at radius 2 is 2.19 bits per heavy atom. The molecule has 0 spiro atoms. The van der Waals surface area contributed by atoms with Crippen LogP contribution in [-0.4, -0.2) is 33.7 Å². The van der Waals surface area contributed by atoms with Gasteiger partial charge in [-0.15, -0.1) is 11.3 Å². The van der Waals surface area contributed by atoms with Crippen LogP contribution in [0, 0.1) is 10.1 Å². The van der Waals surface area contributed by atoms with Gasteiger partial charge in [0.05, 0.1) is 17.1 Å². The number of aromatic nitrogens is 2. The lowest BCUT2D eigenvalue weighted by Gasteiger charge is -2.03. The number of methoxy groups -OCH3 is 1. The number of aryl methyl sites for hydroxylation is 1. The number of ether oxygens (including phenoxy) is 1. The number of nitrogens with zero attached hydrogens (tertiary/aromatic N) is 3. The van der Waals surface area contributed by atoms with E-state index in [1.807, 2.05) is 0 Å². The normalized spacial score (nSPS) is 10.8. The van der Waals surface area contributed by atoms with Crippen molar-refractivity contribution in [3.05, 3.63) is 50.1 Å². The van der Waals surface area contributed by atoms with E-state index in [4.69, 9.17) is 16.3 Å². The molecule has 9 nitrogen and oxygen atoms in total. The molecule has 2 heterocycles. The number of carbonyl (C=O) groups is 2. The fraction of sp³-hybridized carbons (Fsp3) is 0.188. The average Bonchev–Trinajstić information content (AvgIpc) is 3.23. The SMILES string of the molecule is CCn1cc([N+](=O)[O-])c(C(=O)Nc2ccc3c(Cl)c(C(=O)OC)sc3c2)n1. The van der Waals surface area contributed by atoms with Gasteiger partial charge in [-0.2, -0.15) is 5.10 Å². The molecule has 2 aromatic heterocycles. The van der Waals surface area contributed by atoms with Gasteiger partial charge in [0.25, 0.3) is 5.91 Å². The molecule has 0 saturated carbocycles. The van der Waals surface area contributed by atoms with E-state index in [9.17, 15) is 19.7 Å². The standard InChI is InChI=1S/C16H13ClN4O5S/c1-3-20-7-10(21(24)25)13(19-20)15(22)18-8-4-5-9-11(6-8)27-14(12(9)17)16(23)26-2/h4-7H,3H2,1-2H3,(H,18,22). The molecule has 3 aromatic rings. The molecule has 0 unspecified atom stereocenters. The maximum Gasteiger partial charge on any atom is 0.349 e. The van der Waals surface area contributed by atoms with Crippen LogP contribution < -0.4 is 5.32 Å². The molecule has 0 aliphatic heterocycles. The highest BCUT2D eigenvalue weighted by Crippen LogP contribution is 2.37. The molecule has 0 atom stereocenters. The largest absolute Gasteiger partial charge is 0.465 e. The number of hydrogen-bond acceptors (Lipinski definition) is 7. The van der Waals surface area contributed by atoms with Crippen molar-refractivity contribution in [2.24, 2.45) is 0 Å². The second-order valence-corrected chi connectivity index (χ2v) is 6.81. The molecule has 11 heteroatoms. The van der Waals surface area contributed by atoms with Gasteiger partial charge in [0.1, 0.15) is 11.1 Å². The first-order valence-corrected chi connectivity index (χ1v) is 8.88. The first-order valence-electron chi connectivity index (χ1n) is 7.69. The summed E-state index contributed by atoms with van der Waals surface area (Å²) in [7, 11) is 1.26. The summed E-state index contributed by atoms with van der Waals surface area (Å²) in [4.78, 5) is 34.9. The topological polar surface area (TPSA) is 116 Å². The van der Waals surface area contributed by atoms with Gasteiger partial charge in [0.2, 0.25) is 5.69 Å². The number of esters is 1. The third kappa shape index (κ3) is 3.49. The van der Waals surface area contributed by atoms with E-state index in [-0.39, 0.29) is 21.3 Å². The van der Waals surface area contributed by atoms with Crippen LogP contribution in [0.15, 0.2) is 24.4 Å². The van der Waals surface area contributed by atoms with Gasteiger partial charge < -0.3 is 10.1 Å². The quantitative estimate of drug-likeness (QED) is 0.390. The lowest BCUT2D eigenvalue weighted by atomic mass is 10.2. The van der Waals surface area contributed by atoms with Crippen LogP contribution >= 0.6 is 22.9 Å². The van der Waals surface area contributed by atoms with E-state index < -0.39 is 16.8 Å². The molecule has 0 aliphatic rings. The number of halogens is 1. The maximum absolute atomic E-state index is 12.4. The van der Waals surface area contributed by atoms with Crippen LogP contribution in [0.1, 0.15) is 27.1 Å². The number of nitro groups is 1. The van der Waals surface area contributed by atoms with Crippen LogP contribution in [-0.2, 0) is 11.3 Å². The number of amides is 1. The van der Waals surface area contributed by atoms with Crippen molar-refractivity contribution >= 4 is 56.3 Å². The summed E-state index contributed by atoms with van der Waals surface area (Å²) in [5.41, 5.74) is -0.258. The number of carbonyl (C=O) groups excluding carboxylic acids is 2. The zero-order valence-electron chi connectivity index (χ0n) is 14.2. The molecular formula is C16H13ClN4O5S. The summed E-state index contributed by atoms with van der Waals surface area (Å²) in [6.07, 6.45) is 1.21. The van der Waals surface area contributed by atoms with Gasteiger partial charge in [-0.1, -0.05) is 11.6 Å². The summed E-state index contributed by atoms with van der Waals surface area (Å²) in [6, 6.07) is 4.86. The fourth-order valence-electron chi connectivity index (χ4n) is 2.43. The Labute approximate surface area is 161 Å². The number of hydrogen-bond donors (Lipinski definition) is 1. The van der Waals surface area contributed by atoms with Gasteiger partial charge in [-0.25, -0.2) is 4.79 Å². The van der Waals surface area contributed by atoms with E-state index >= 15 is 0 Å². The van der Waals surface area contributed by atoms with Gasteiger partial charge >= 0.3 is 11.7 Å². The molecule has 3 rings (SSSR count). The maximum atomic E-state index is 12.4. The van der Waals surface area contributed by atoms with Gasteiger partial charge in [0, 0.05) is 22.3 Å². The van der Waals surface area contributed by atoms with Crippen LogP contribution in [0.2, 0.25) is 5.02 Å². The Hall–Kier alpha value is -2.98. The minimum atomic E-state index is -0.705. The van der Waals surface area contributed by atoms with E-state index in [0.29, 0.717) is 22.3 Å². The average molecular weight is 409 g/mol. The van der Waals surface area contributed by atoms with E-state index in [0.717, 1.165) is 11.3 Å². The second-order valence-electron chi connectivity index (χ2n) is 5.38. The van der Waals surface area contributed by atoms with Crippen molar-refractivity contribution in [3.8, 4) is 0 Å². The smallest absolute Gasteiger partial charge is 0.349 e. The Bertz CT molecular complexity index is 1070. The molecule has 27 heavy (non-hydrogen) atoms. The van der Waals surface area contributed by atoms with Crippen LogP contribution in [0.4, 0.5) is 11.4 Å². The highest BCUT2D eigenvalue weighted by atomic mass is 35.5. The van der Waals surface area contributed by atoms with Crippen molar-refractivity contribution in [1.82, 2.24) is 9.78 Å². The Morgan fingerprint density at radius 1 is 1.44 bits per heavy atom. The van der Waals surface area contributed by atoms with Crippen molar-refractivity contribution in [3.63, 3.8) is 0 Å². The summed E-state index contributed by atoms with van der Waals surface area (Å²) in [5.74, 6) is -1.25. The summed E-state index contributed by atoms with van der Waals surface area (Å²) >= 11 is 7.32. The molecule has 0 bridgehead atoms. The number of fused-ring (bicyclic) bond motifs is 1. The molecule has 0 saturated heterocycles. The summed E-state index contributed by atoms with van der Waals surface area (Å²) < 4.78 is 6.67.